The van der Waals surface area contributed by atoms with Gasteiger partial charge in [-0.15, -0.1) is 16.4 Å². The first-order valence-corrected chi connectivity index (χ1v) is 11.0. The Morgan fingerprint density at radius 2 is 1.87 bits per heavy atom. The lowest BCUT2D eigenvalue weighted by atomic mass is 10.1. The molecule has 0 aliphatic carbocycles. The molecule has 7 nitrogen and oxygen atoms in total. The number of nitrogens with zero attached hydrogens (tertiary/aromatic N) is 7. The first kappa shape index (κ1) is 18.1. The molecule has 0 N–H and O–H groups in total. The molecule has 6 rings (SSSR count). The van der Waals surface area contributed by atoms with Crippen LogP contribution in [0, 0.1) is 13.8 Å². The molecule has 5 heterocycles. The van der Waals surface area contributed by atoms with E-state index in [1.807, 2.05) is 35.7 Å². The van der Waals surface area contributed by atoms with Gasteiger partial charge < -0.3 is 0 Å². The monoisotopic (exact) mass is 425 g/mol. The predicted octanol–water partition coefficient (Wildman–Crippen LogP) is 4.89. The van der Waals surface area contributed by atoms with Gasteiger partial charge in [0, 0.05) is 16.1 Å². The van der Waals surface area contributed by atoms with Gasteiger partial charge in [0.2, 0.25) is 0 Å². The van der Waals surface area contributed by atoms with Crippen LogP contribution >= 0.6 is 11.3 Å². The molecule has 0 radical (unpaired) electrons. The summed E-state index contributed by atoms with van der Waals surface area (Å²) in [5.41, 5.74) is 6.65. The predicted molar refractivity (Wildman–Crippen MR) is 122 cm³/mol. The van der Waals surface area contributed by atoms with Crippen LogP contribution in [-0.4, -0.2) is 34.2 Å². The van der Waals surface area contributed by atoms with Crippen molar-refractivity contribution >= 4 is 32.8 Å². The van der Waals surface area contributed by atoms with Gasteiger partial charge in [0.15, 0.2) is 17.1 Å². The fourth-order valence-corrected chi connectivity index (χ4v) is 5.21. The molecular formula is C23H19N7S. The lowest BCUT2D eigenvalue weighted by molar-refractivity contribution is 0.896. The number of hydrogen-bond donors (Lipinski definition) is 0. The highest BCUT2D eigenvalue weighted by atomic mass is 32.1. The molecule has 31 heavy (non-hydrogen) atoms. The molecule has 1 aromatic carbocycles. The van der Waals surface area contributed by atoms with Gasteiger partial charge in [-0.3, -0.25) is 0 Å². The van der Waals surface area contributed by atoms with Crippen LogP contribution in [0.4, 0.5) is 0 Å². The van der Waals surface area contributed by atoms with Crippen molar-refractivity contribution in [3.63, 3.8) is 0 Å². The quantitative estimate of drug-likeness (QED) is 0.403. The Labute approximate surface area is 182 Å². The van der Waals surface area contributed by atoms with E-state index in [0.29, 0.717) is 5.82 Å². The van der Waals surface area contributed by atoms with Crippen LogP contribution in [0.1, 0.15) is 23.1 Å². The van der Waals surface area contributed by atoms with E-state index >= 15 is 0 Å². The number of hydrogen-bond acceptors (Lipinski definition) is 6. The van der Waals surface area contributed by atoms with Crippen LogP contribution < -0.4 is 0 Å². The molecule has 6 aromatic rings. The average molecular weight is 426 g/mol. The fourth-order valence-electron chi connectivity index (χ4n) is 4.13. The summed E-state index contributed by atoms with van der Waals surface area (Å²) < 4.78 is 3.61. The number of thiophene rings is 1. The van der Waals surface area contributed by atoms with Crippen molar-refractivity contribution in [2.75, 3.05) is 0 Å². The highest BCUT2D eigenvalue weighted by Crippen LogP contribution is 2.33. The second-order valence-electron chi connectivity index (χ2n) is 7.56. The third-order valence-electron chi connectivity index (χ3n) is 5.64. The Morgan fingerprint density at radius 1 is 1.03 bits per heavy atom. The van der Waals surface area contributed by atoms with Crippen LogP contribution in [0.3, 0.4) is 0 Å². The molecule has 8 heteroatoms. The molecule has 0 aliphatic rings. The summed E-state index contributed by atoms with van der Waals surface area (Å²) in [4.78, 5) is 16.7. The number of aromatic nitrogens is 7. The van der Waals surface area contributed by atoms with Gasteiger partial charge in [0.1, 0.15) is 11.2 Å². The van der Waals surface area contributed by atoms with Gasteiger partial charge in [-0.2, -0.15) is 5.10 Å². The van der Waals surface area contributed by atoms with Gasteiger partial charge in [-0.1, -0.05) is 37.3 Å². The Kier molecular flexibility index (Phi) is 3.91. The van der Waals surface area contributed by atoms with Crippen LogP contribution in [0.2, 0.25) is 0 Å². The molecular weight excluding hydrogens is 406 g/mol. The molecule has 0 saturated heterocycles. The second kappa shape index (κ2) is 6.68. The lowest BCUT2D eigenvalue weighted by Crippen LogP contribution is -1.98. The number of fused-ring (bicyclic) bond motifs is 4. The first-order chi connectivity index (χ1) is 15.1. The maximum Gasteiger partial charge on any atom is 0.187 e. The molecule has 5 aromatic heterocycles. The maximum atomic E-state index is 4.91. The van der Waals surface area contributed by atoms with Crippen molar-refractivity contribution in [1.29, 1.82) is 0 Å². The van der Waals surface area contributed by atoms with Crippen molar-refractivity contribution in [2.45, 2.75) is 27.2 Å². The molecule has 0 spiro atoms. The Bertz CT molecular complexity index is 1590. The zero-order valence-corrected chi connectivity index (χ0v) is 18.2. The van der Waals surface area contributed by atoms with E-state index in [-0.39, 0.29) is 0 Å². The summed E-state index contributed by atoms with van der Waals surface area (Å²) in [6, 6.07) is 12.2. The van der Waals surface area contributed by atoms with Crippen molar-refractivity contribution < 1.29 is 0 Å². The molecule has 0 bridgehead atoms. The average Bonchev–Trinajstić information content (AvgIpc) is 3.47. The summed E-state index contributed by atoms with van der Waals surface area (Å²) in [5.74, 6) is 0.604. The van der Waals surface area contributed by atoms with E-state index in [0.717, 1.165) is 50.4 Å². The highest BCUT2D eigenvalue weighted by Gasteiger charge is 2.19. The number of aryl methyl sites for hydroxylation is 3. The minimum atomic E-state index is 0.604. The van der Waals surface area contributed by atoms with E-state index in [1.165, 1.54) is 10.4 Å². The Hall–Kier alpha value is -3.65. The molecule has 0 saturated carbocycles. The number of rotatable bonds is 3. The van der Waals surface area contributed by atoms with Crippen molar-refractivity contribution in [2.24, 2.45) is 0 Å². The smallest absolute Gasteiger partial charge is 0.187 e. The van der Waals surface area contributed by atoms with Crippen molar-refractivity contribution in [1.82, 2.24) is 34.2 Å². The fraction of sp³-hybridized carbons (Fsp3) is 0.174. The van der Waals surface area contributed by atoms with Gasteiger partial charge in [0.25, 0.3) is 0 Å². The van der Waals surface area contributed by atoms with E-state index in [2.05, 4.69) is 36.1 Å². The summed E-state index contributed by atoms with van der Waals surface area (Å²) in [5, 5.41) is 10.4. The van der Waals surface area contributed by atoms with E-state index in [9.17, 15) is 0 Å². The number of benzene rings is 1. The van der Waals surface area contributed by atoms with E-state index in [1.54, 1.807) is 28.4 Å². The summed E-state index contributed by atoms with van der Waals surface area (Å²) in [6.07, 6.45) is 4.47. The SMILES string of the molecule is CCc1c(C)sc2ncn3nc(-c4cnn5c(C)cc(-c6ccccc6)nc45)nc3c12. The Balaban J connectivity index is 1.60. The first-order valence-electron chi connectivity index (χ1n) is 10.2. The molecule has 0 atom stereocenters. The highest BCUT2D eigenvalue weighted by molar-refractivity contribution is 7.18. The van der Waals surface area contributed by atoms with Crippen LogP contribution in [0.5, 0.6) is 0 Å². The topological polar surface area (TPSA) is 73.3 Å². The summed E-state index contributed by atoms with van der Waals surface area (Å²) >= 11 is 1.71. The third kappa shape index (κ3) is 2.68. The van der Waals surface area contributed by atoms with Gasteiger partial charge in [0.05, 0.1) is 22.8 Å². The standard InChI is InChI=1S/C23H19N7S/c1-4-16-14(3)31-23-19(16)22-27-20(28-29(22)12-24-23)17-11-25-30-13(2)10-18(26-21(17)30)15-8-6-5-7-9-15/h5-12H,4H2,1-3H3. The summed E-state index contributed by atoms with van der Waals surface area (Å²) in [6.45, 7) is 6.34. The van der Waals surface area contributed by atoms with E-state index < -0.39 is 0 Å². The molecule has 152 valence electrons. The zero-order valence-electron chi connectivity index (χ0n) is 17.4. The second-order valence-corrected chi connectivity index (χ2v) is 8.76. The summed E-state index contributed by atoms with van der Waals surface area (Å²) in [7, 11) is 0. The van der Waals surface area contributed by atoms with Crippen molar-refractivity contribution in [3.05, 3.63) is 65.1 Å². The van der Waals surface area contributed by atoms with Gasteiger partial charge in [-0.25, -0.2) is 24.0 Å². The van der Waals surface area contributed by atoms with E-state index in [4.69, 9.17) is 15.1 Å². The zero-order chi connectivity index (χ0) is 21.1. The molecule has 0 amide bonds. The minimum absolute atomic E-state index is 0.604. The van der Waals surface area contributed by atoms with Crippen molar-refractivity contribution in [3.8, 4) is 22.6 Å². The third-order valence-corrected chi connectivity index (χ3v) is 6.70. The van der Waals surface area contributed by atoms with Crippen LogP contribution in [0.15, 0.2) is 48.9 Å². The minimum Gasteiger partial charge on any atom is -0.228 e. The van der Waals surface area contributed by atoms with Crippen LogP contribution in [0.25, 0.3) is 44.2 Å². The van der Waals surface area contributed by atoms with Gasteiger partial charge in [-0.05, 0) is 31.9 Å². The normalized spacial score (nSPS) is 11.8. The molecule has 0 unspecified atom stereocenters. The van der Waals surface area contributed by atoms with Crippen LogP contribution in [-0.2, 0) is 6.42 Å². The lowest BCUT2D eigenvalue weighted by Gasteiger charge is -2.05. The largest absolute Gasteiger partial charge is 0.228 e. The molecule has 0 fully saturated rings. The Morgan fingerprint density at radius 3 is 2.68 bits per heavy atom. The maximum absolute atomic E-state index is 4.91. The van der Waals surface area contributed by atoms with Gasteiger partial charge >= 0.3 is 0 Å². The molecule has 0 aliphatic heterocycles.